The van der Waals surface area contributed by atoms with Gasteiger partial charge in [-0.2, -0.15) is 0 Å². The molecule has 32 heavy (non-hydrogen) atoms. The maximum atomic E-state index is 12.6. The van der Waals surface area contributed by atoms with Gasteiger partial charge in [0, 0.05) is 57.2 Å². The van der Waals surface area contributed by atoms with Crippen molar-refractivity contribution in [3.8, 4) is 0 Å². The van der Waals surface area contributed by atoms with Crippen molar-refractivity contribution in [3.05, 3.63) is 24.3 Å². The number of anilines is 2. The molecule has 0 radical (unpaired) electrons. The topological polar surface area (TPSA) is 82.2 Å². The van der Waals surface area contributed by atoms with Crippen molar-refractivity contribution < 1.29 is 17.9 Å². The van der Waals surface area contributed by atoms with Gasteiger partial charge in [-0.3, -0.25) is 14.4 Å². The quantitative estimate of drug-likeness (QED) is 0.665. The molecular weight excluding hydrogens is 428 g/mol. The van der Waals surface area contributed by atoms with Gasteiger partial charge >= 0.3 is 0 Å². The normalized spacial score (nSPS) is 21.5. The lowest BCUT2D eigenvalue weighted by Crippen LogP contribution is -2.45. The van der Waals surface area contributed by atoms with Crippen LogP contribution in [0.2, 0.25) is 0 Å². The molecule has 3 fully saturated rings. The average molecular weight is 465 g/mol. The fourth-order valence-electron chi connectivity index (χ4n) is 4.88. The number of sulfonamides is 1. The SMILES string of the molecule is O=C(CS(=O)(=O)Nc1ccc(N2CCCCC2)cc1)N1CCC(CN2CCOCC2)CC1. The number of benzene rings is 1. The first-order valence-electron chi connectivity index (χ1n) is 11.9. The van der Waals surface area contributed by atoms with Gasteiger partial charge in [-0.25, -0.2) is 8.42 Å². The van der Waals surface area contributed by atoms with Crippen LogP contribution in [0.5, 0.6) is 0 Å². The number of nitrogens with one attached hydrogen (secondary N) is 1. The predicted molar refractivity (Wildman–Crippen MR) is 126 cm³/mol. The summed E-state index contributed by atoms with van der Waals surface area (Å²) in [5.74, 6) is -0.257. The second kappa shape index (κ2) is 10.9. The third-order valence-corrected chi connectivity index (χ3v) is 7.94. The Hall–Kier alpha value is -1.84. The molecule has 3 aliphatic rings. The van der Waals surface area contributed by atoms with Crippen molar-refractivity contribution >= 4 is 27.3 Å². The number of amides is 1. The molecule has 4 rings (SSSR count). The molecule has 0 saturated carbocycles. The third kappa shape index (κ3) is 6.59. The molecule has 0 aromatic heterocycles. The van der Waals surface area contributed by atoms with Crippen LogP contribution in [0.4, 0.5) is 11.4 Å². The maximum Gasteiger partial charge on any atom is 0.241 e. The van der Waals surface area contributed by atoms with E-state index in [2.05, 4.69) is 14.5 Å². The van der Waals surface area contributed by atoms with Crippen molar-refractivity contribution in [3.63, 3.8) is 0 Å². The summed E-state index contributed by atoms with van der Waals surface area (Å²) in [5, 5.41) is 0. The number of carbonyl (C=O) groups excluding carboxylic acids is 1. The van der Waals surface area contributed by atoms with Crippen LogP contribution in [0, 0.1) is 5.92 Å². The number of hydrogen-bond donors (Lipinski definition) is 1. The van der Waals surface area contributed by atoms with E-state index in [4.69, 9.17) is 4.74 Å². The average Bonchev–Trinajstić information content (AvgIpc) is 2.81. The molecule has 9 heteroatoms. The lowest BCUT2D eigenvalue weighted by Gasteiger charge is -2.36. The molecule has 1 N–H and O–H groups in total. The Kier molecular flexibility index (Phi) is 7.91. The molecule has 178 valence electrons. The van der Waals surface area contributed by atoms with Gasteiger partial charge in [-0.1, -0.05) is 0 Å². The highest BCUT2D eigenvalue weighted by Gasteiger charge is 2.27. The first kappa shape index (κ1) is 23.3. The lowest BCUT2D eigenvalue weighted by atomic mass is 9.96. The molecule has 0 spiro atoms. The Bertz CT molecular complexity index is 841. The van der Waals surface area contributed by atoms with Crippen LogP contribution in [0.15, 0.2) is 24.3 Å². The summed E-state index contributed by atoms with van der Waals surface area (Å²) >= 11 is 0. The number of ether oxygens (including phenoxy) is 1. The summed E-state index contributed by atoms with van der Waals surface area (Å²) in [6, 6.07) is 7.46. The zero-order valence-electron chi connectivity index (χ0n) is 18.9. The Labute approximate surface area is 191 Å². The van der Waals surface area contributed by atoms with Gasteiger partial charge in [0.2, 0.25) is 15.9 Å². The van der Waals surface area contributed by atoms with E-state index in [0.717, 1.165) is 64.5 Å². The first-order chi connectivity index (χ1) is 15.5. The van der Waals surface area contributed by atoms with Crippen LogP contribution in [0.3, 0.4) is 0 Å². The fraction of sp³-hybridized carbons (Fsp3) is 0.696. The second-order valence-corrected chi connectivity index (χ2v) is 10.9. The number of piperidine rings is 2. The Morgan fingerprint density at radius 3 is 2.25 bits per heavy atom. The van der Waals surface area contributed by atoms with E-state index in [1.807, 2.05) is 12.1 Å². The van der Waals surface area contributed by atoms with Crippen molar-refractivity contribution in [2.24, 2.45) is 5.92 Å². The van der Waals surface area contributed by atoms with Gasteiger partial charge < -0.3 is 14.5 Å². The predicted octanol–water partition coefficient (Wildman–Crippen LogP) is 1.99. The molecular formula is C23H36N4O4S. The van der Waals surface area contributed by atoms with Gasteiger partial charge in [0.1, 0.15) is 5.75 Å². The molecule has 3 aliphatic heterocycles. The van der Waals surface area contributed by atoms with E-state index >= 15 is 0 Å². The minimum atomic E-state index is -3.73. The van der Waals surface area contributed by atoms with Crippen molar-refractivity contribution in [2.45, 2.75) is 32.1 Å². The molecule has 0 aliphatic carbocycles. The largest absolute Gasteiger partial charge is 0.379 e. The van der Waals surface area contributed by atoms with Gasteiger partial charge in [-0.05, 0) is 62.3 Å². The molecule has 0 unspecified atom stereocenters. The zero-order valence-corrected chi connectivity index (χ0v) is 19.7. The summed E-state index contributed by atoms with van der Waals surface area (Å²) in [6.07, 6.45) is 5.51. The molecule has 0 atom stereocenters. The van der Waals surface area contributed by atoms with E-state index in [1.165, 1.54) is 19.3 Å². The van der Waals surface area contributed by atoms with Gasteiger partial charge in [-0.15, -0.1) is 0 Å². The Balaban J connectivity index is 1.23. The van der Waals surface area contributed by atoms with Gasteiger partial charge in [0.25, 0.3) is 0 Å². The minimum Gasteiger partial charge on any atom is -0.379 e. The third-order valence-electron chi connectivity index (χ3n) is 6.76. The van der Waals surface area contributed by atoms with Crippen LogP contribution in [-0.4, -0.2) is 88.9 Å². The summed E-state index contributed by atoms with van der Waals surface area (Å²) < 4.78 is 33.1. The van der Waals surface area contributed by atoms with E-state index in [1.54, 1.807) is 17.0 Å². The summed E-state index contributed by atoms with van der Waals surface area (Å²) in [4.78, 5) is 19.1. The molecule has 0 bridgehead atoms. The highest BCUT2D eigenvalue weighted by molar-refractivity contribution is 7.93. The van der Waals surface area contributed by atoms with Crippen molar-refractivity contribution in [1.82, 2.24) is 9.80 Å². The number of nitrogens with zero attached hydrogens (tertiary/aromatic N) is 3. The first-order valence-corrected chi connectivity index (χ1v) is 13.6. The maximum absolute atomic E-state index is 12.6. The number of likely N-dealkylation sites (tertiary alicyclic amines) is 1. The Morgan fingerprint density at radius 2 is 1.59 bits per heavy atom. The molecule has 1 amide bonds. The summed E-state index contributed by atoms with van der Waals surface area (Å²) in [5.41, 5.74) is 1.62. The van der Waals surface area contributed by atoms with Crippen molar-refractivity contribution in [2.75, 3.05) is 74.4 Å². The van der Waals surface area contributed by atoms with Crippen LogP contribution in [-0.2, 0) is 19.6 Å². The number of rotatable bonds is 7. The standard InChI is InChI=1S/C23H36N4O4S/c28-23(27-12-8-20(9-13-27)18-25-14-16-31-17-15-25)19-32(29,30)24-21-4-6-22(7-5-21)26-10-2-1-3-11-26/h4-7,20,24H,1-3,8-19H2. The van der Waals surface area contributed by atoms with E-state index < -0.39 is 15.8 Å². The summed E-state index contributed by atoms with van der Waals surface area (Å²) in [7, 11) is -3.73. The fourth-order valence-corrected chi connectivity index (χ4v) is 5.95. The molecule has 3 heterocycles. The molecule has 1 aromatic carbocycles. The van der Waals surface area contributed by atoms with E-state index in [9.17, 15) is 13.2 Å². The number of hydrogen-bond acceptors (Lipinski definition) is 6. The molecule has 1 aromatic rings. The zero-order chi connectivity index (χ0) is 22.4. The smallest absolute Gasteiger partial charge is 0.241 e. The second-order valence-electron chi connectivity index (χ2n) is 9.19. The lowest BCUT2D eigenvalue weighted by molar-refractivity contribution is -0.129. The van der Waals surface area contributed by atoms with E-state index in [0.29, 0.717) is 24.7 Å². The minimum absolute atomic E-state index is 0.313. The highest BCUT2D eigenvalue weighted by Crippen LogP contribution is 2.23. The van der Waals surface area contributed by atoms with Crippen LogP contribution in [0.1, 0.15) is 32.1 Å². The van der Waals surface area contributed by atoms with Crippen molar-refractivity contribution in [1.29, 1.82) is 0 Å². The number of carbonyl (C=O) groups is 1. The van der Waals surface area contributed by atoms with Crippen LogP contribution < -0.4 is 9.62 Å². The monoisotopic (exact) mass is 464 g/mol. The highest BCUT2D eigenvalue weighted by atomic mass is 32.2. The van der Waals surface area contributed by atoms with E-state index in [-0.39, 0.29) is 5.91 Å². The number of morpholine rings is 1. The Morgan fingerprint density at radius 1 is 0.938 bits per heavy atom. The van der Waals surface area contributed by atoms with Crippen LogP contribution in [0.25, 0.3) is 0 Å². The van der Waals surface area contributed by atoms with Gasteiger partial charge in [0.15, 0.2) is 0 Å². The van der Waals surface area contributed by atoms with Gasteiger partial charge in [0.05, 0.1) is 13.2 Å². The van der Waals surface area contributed by atoms with Crippen LogP contribution >= 0.6 is 0 Å². The molecule has 3 saturated heterocycles. The molecule has 8 nitrogen and oxygen atoms in total. The summed E-state index contributed by atoms with van der Waals surface area (Å²) in [6.45, 7) is 7.93.